The van der Waals surface area contributed by atoms with Gasteiger partial charge < -0.3 is 15.4 Å². The van der Waals surface area contributed by atoms with E-state index in [9.17, 15) is 18.8 Å². The van der Waals surface area contributed by atoms with Gasteiger partial charge in [-0.15, -0.1) is 0 Å². The number of hydrogen-bond acceptors (Lipinski definition) is 5. The Morgan fingerprint density at radius 2 is 1.71 bits per heavy atom. The van der Waals surface area contributed by atoms with Gasteiger partial charge in [0.25, 0.3) is 5.91 Å². The van der Waals surface area contributed by atoms with Crippen LogP contribution in [0, 0.1) is 5.82 Å². The van der Waals surface area contributed by atoms with Crippen LogP contribution in [0.4, 0.5) is 10.1 Å². The normalized spacial score (nSPS) is 10.4. The van der Waals surface area contributed by atoms with E-state index in [1.807, 2.05) is 0 Å². The van der Waals surface area contributed by atoms with Gasteiger partial charge in [-0.05, 0) is 61.0 Å². The second-order valence-corrected chi connectivity index (χ2v) is 5.47. The van der Waals surface area contributed by atoms with E-state index in [-0.39, 0.29) is 18.3 Å². The van der Waals surface area contributed by atoms with E-state index in [0.717, 1.165) is 0 Å². The van der Waals surface area contributed by atoms with Crippen molar-refractivity contribution < 1.29 is 23.5 Å². The summed E-state index contributed by atoms with van der Waals surface area (Å²) in [6, 6.07) is 12.0. The van der Waals surface area contributed by atoms with Crippen LogP contribution in [-0.4, -0.2) is 37.1 Å². The molecule has 0 unspecified atom stereocenters. The molecule has 8 nitrogen and oxygen atoms in total. The Balaban J connectivity index is 1.78. The molecule has 0 aromatic heterocycles. The first-order valence-corrected chi connectivity index (χ1v) is 8.37. The van der Waals surface area contributed by atoms with Crippen LogP contribution in [0.1, 0.15) is 12.5 Å². The van der Waals surface area contributed by atoms with Gasteiger partial charge in [0.15, 0.2) is 6.61 Å². The monoisotopic (exact) mass is 386 g/mol. The number of anilines is 1. The highest BCUT2D eigenvalue weighted by Gasteiger charge is 2.10. The number of halogens is 1. The molecule has 0 heterocycles. The maximum absolute atomic E-state index is 12.8. The predicted octanol–water partition coefficient (Wildman–Crippen LogP) is 1.43. The Hall–Kier alpha value is -3.75. The molecule has 146 valence electrons. The van der Waals surface area contributed by atoms with Crippen LogP contribution in [0.15, 0.2) is 53.6 Å². The Kier molecular flexibility index (Phi) is 7.64. The summed E-state index contributed by atoms with van der Waals surface area (Å²) in [5.41, 5.74) is 3.23. The van der Waals surface area contributed by atoms with E-state index in [2.05, 4.69) is 21.2 Å². The lowest BCUT2D eigenvalue weighted by Crippen LogP contribution is -2.37. The quantitative estimate of drug-likeness (QED) is 0.380. The Morgan fingerprint density at radius 1 is 1.04 bits per heavy atom. The number of likely N-dealkylation sites (N-methyl/N-ethyl adjacent to an activating group) is 1. The molecule has 0 radical (unpaired) electrons. The largest absolute Gasteiger partial charge is 0.484 e. The highest BCUT2D eigenvalue weighted by molar-refractivity contribution is 6.35. The molecule has 0 aliphatic heterocycles. The minimum absolute atomic E-state index is 0.215. The summed E-state index contributed by atoms with van der Waals surface area (Å²) in [6.07, 6.45) is 1.36. The van der Waals surface area contributed by atoms with E-state index in [1.54, 1.807) is 31.2 Å². The summed E-state index contributed by atoms with van der Waals surface area (Å²) < 4.78 is 18.2. The van der Waals surface area contributed by atoms with Crippen molar-refractivity contribution in [2.24, 2.45) is 5.10 Å². The summed E-state index contributed by atoms with van der Waals surface area (Å²) in [7, 11) is 0. The van der Waals surface area contributed by atoms with Crippen molar-refractivity contribution in [3.05, 3.63) is 59.9 Å². The van der Waals surface area contributed by atoms with Crippen molar-refractivity contribution in [1.29, 1.82) is 0 Å². The minimum atomic E-state index is -0.856. The topological polar surface area (TPSA) is 109 Å². The van der Waals surface area contributed by atoms with Crippen LogP contribution in [0.2, 0.25) is 0 Å². The van der Waals surface area contributed by atoms with Gasteiger partial charge in [-0.3, -0.25) is 14.4 Å². The summed E-state index contributed by atoms with van der Waals surface area (Å²) in [6.45, 7) is 1.83. The molecule has 3 N–H and O–H groups in total. The number of carbonyl (C=O) groups is 3. The third kappa shape index (κ3) is 6.87. The third-order valence-corrected chi connectivity index (χ3v) is 3.30. The second kappa shape index (κ2) is 10.4. The third-order valence-electron chi connectivity index (χ3n) is 3.30. The number of nitrogens with one attached hydrogen (secondary N) is 3. The molecule has 2 rings (SSSR count). The summed E-state index contributed by atoms with van der Waals surface area (Å²) in [4.78, 5) is 34.4. The smallest absolute Gasteiger partial charge is 0.329 e. The number of benzene rings is 2. The molecule has 0 fully saturated rings. The predicted molar refractivity (Wildman–Crippen MR) is 101 cm³/mol. The molecule has 28 heavy (non-hydrogen) atoms. The van der Waals surface area contributed by atoms with E-state index in [1.165, 1.54) is 30.5 Å². The SMILES string of the molecule is CCNC(=O)C(=O)N/N=C\c1ccc(OCC(=O)Nc2ccc(F)cc2)cc1. The molecule has 0 spiro atoms. The first kappa shape index (κ1) is 20.6. The molecule has 3 amide bonds. The Labute approximate surface area is 160 Å². The van der Waals surface area contributed by atoms with Crippen molar-refractivity contribution in [3.63, 3.8) is 0 Å². The number of nitrogens with zero attached hydrogens (tertiary/aromatic N) is 1. The Bertz CT molecular complexity index is 851. The average Bonchev–Trinajstić information content (AvgIpc) is 2.69. The molecule has 0 saturated carbocycles. The van der Waals surface area contributed by atoms with Crippen LogP contribution in [0.5, 0.6) is 5.75 Å². The molecule has 9 heteroatoms. The maximum Gasteiger partial charge on any atom is 0.329 e. The van der Waals surface area contributed by atoms with Crippen LogP contribution >= 0.6 is 0 Å². The zero-order valence-corrected chi connectivity index (χ0v) is 15.1. The first-order chi connectivity index (χ1) is 13.5. The molecular weight excluding hydrogens is 367 g/mol. The van der Waals surface area contributed by atoms with Gasteiger partial charge in [-0.2, -0.15) is 5.10 Å². The number of ether oxygens (including phenoxy) is 1. The number of hydrazone groups is 1. The summed E-state index contributed by atoms with van der Waals surface area (Å²) >= 11 is 0. The number of amides is 3. The van der Waals surface area contributed by atoms with E-state index in [0.29, 0.717) is 23.5 Å². The van der Waals surface area contributed by atoms with Gasteiger partial charge in [-0.1, -0.05) is 0 Å². The van der Waals surface area contributed by atoms with Gasteiger partial charge in [0.05, 0.1) is 6.21 Å². The van der Waals surface area contributed by atoms with E-state index < -0.39 is 11.8 Å². The fraction of sp³-hybridized carbons (Fsp3) is 0.158. The van der Waals surface area contributed by atoms with Gasteiger partial charge in [0.1, 0.15) is 11.6 Å². The molecule has 2 aromatic rings. The second-order valence-electron chi connectivity index (χ2n) is 5.47. The fourth-order valence-electron chi connectivity index (χ4n) is 1.99. The molecule has 0 aliphatic rings. The van der Waals surface area contributed by atoms with Crippen molar-refractivity contribution in [2.75, 3.05) is 18.5 Å². The highest BCUT2D eigenvalue weighted by atomic mass is 19.1. The zero-order valence-electron chi connectivity index (χ0n) is 15.1. The van der Waals surface area contributed by atoms with E-state index in [4.69, 9.17) is 4.74 Å². The first-order valence-electron chi connectivity index (χ1n) is 8.37. The zero-order chi connectivity index (χ0) is 20.4. The fourth-order valence-corrected chi connectivity index (χ4v) is 1.99. The minimum Gasteiger partial charge on any atom is -0.484 e. The van der Waals surface area contributed by atoms with E-state index >= 15 is 0 Å². The van der Waals surface area contributed by atoms with Crippen LogP contribution in [0.3, 0.4) is 0 Å². The van der Waals surface area contributed by atoms with Gasteiger partial charge in [0, 0.05) is 12.2 Å². The molecule has 0 saturated heterocycles. The van der Waals surface area contributed by atoms with Crippen molar-refractivity contribution in [1.82, 2.24) is 10.7 Å². The van der Waals surface area contributed by atoms with Crippen LogP contribution in [-0.2, 0) is 14.4 Å². The lowest BCUT2D eigenvalue weighted by molar-refractivity contribution is -0.139. The maximum atomic E-state index is 12.8. The summed E-state index contributed by atoms with van der Waals surface area (Å²) in [5.74, 6) is -1.93. The molecule has 0 aliphatic carbocycles. The van der Waals surface area contributed by atoms with Gasteiger partial charge >= 0.3 is 11.8 Å². The molecule has 2 aromatic carbocycles. The van der Waals surface area contributed by atoms with Gasteiger partial charge in [0.2, 0.25) is 0 Å². The van der Waals surface area contributed by atoms with Crippen LogP contribution in [0.25, 0.3) is 0 Å². The lowest BCUT2D eigenvalue weighted by Gasteiger charge is -2.07. The Morgan fingerprint density at radius 3 is 2.36 bits per heavy atom. The van der Waals surface area contributed by atoms with Crippen molar-refractivity contribution in [2.45, 2.75) is 6.92 Å². The number of carbonyl (C=O) groups excluding carboxylic acids is 3. The number of hydrogen-bond donors (Lipinski definition) is 3. The van der Waals surface area contributed by atoms with Crippen LogP contribution < -0.4 is 20.8 Å². The number of rotatable bonds is 7. The standard InChI is InChI=1S/C19H19FN4O4/c1-2-21-18(26)19(27)24-22-11-13-3-9-16(10-4-13)28-12-17(25)23-15-7-5-14(20)6-8-15/h3-11H,2,12H2,1H3,(H,21,26)(H,23,25)(H,24,27)/b22-11-. The van der Waals surface area contributed by atoms with Crippen molar-refractivity contribution in [3.8, 4) is 5.75 Å². The molecular formula is C19H19FN4O4. The average molecular weight is 386 g/mol. The van der Waals surface area contributed by atoms with Crippen molar-refractivity contribution >= 4 is 29.6 Å². The van der Waals surface area contributed by atoms with Gasteiger partial charge in [-0.25, -0.2) is 9.82 Å². The lowest BCUT2D eigenvalue weighted by atomic mass is 10.2. The molecule has 0 atom stereocenters. The highest BCUT2D eigenvalue weighted by Crippen LogP contribution is 2.12. The summed E-state index contributed by atoms with van der Waals surface area (Å²) in [5, 5.41) is 8.62. The molecule has 0 bridgehead atoms.